The van der Waals surface area contributed by atoms with E-state index >= 15 is 0 Å². The van der Waals surface area contributed by atoms with E-state index in [2.05, 4.69) is 19.1 Å². The number of hydrogen-bond acceptors (Lipinski definition) is 4. The number of allylic oxidation sites excluding steroid dienone is 2. The number of nitrogens with zero attached hydrogens (tertiary/aromatic N) is 1. The monoisotopic (exact) mass is 368 g/mol. The van der Waals surface area contributed by atoms with Crippen molar-refractivity contribution in [2.24, 2.45) is 0 Å². The number of aliphatic hydroxyl groups excluding tert-OH is 1. The van der Waals surface area contributed by atoms with Crippen LogP contribution in [-0.2, 0) is 9.59 Å². The quantitative estimate of drug-likeness (QED) is 0.118. The van der Waals surface area contributed by atoms with Crippen molar-refractivity contribution in [1.82, 2.24) is 0 Å². The minimum absolute atomic E-state index is 0. The van der Waals surface area contributed by atoms with Crippen LogP contribution in [0.25, 0.3) is 0 Å². The largest absolute Gasteiger partial charge is 1.00 e. The van der Waals surface area contributed by atoms with Crippen molar-refractivity contribution in [3.05, 3.63) is 12.2 Å². The summed E-state index contributed by atoms with van der Waals surface area (Å²) in [6.07, 6.45) is 9.18. The van der Waals surface area contributed by atoms with Crippen LogP contribution in [0.1, 0.15) is 58.3 Å². The van der Waals surface area contributed by atoms with Gasteiger partial charge >= 0.3 is 57.4 Å². The van der Waals surface area contributed by atoms with Gasteiger partial charge in [-0.1, -0.05) is 19.1 Å². The molecule has 0 bridgehead atoms. The fourth-order valence-corrected chi connectivity index (χ4v) is 2.67. The molecule has 1 unspecified atom stereocenters. The second-order valence-corrected chi connectivity index (χ2v) is 6.00. The minimum atomic E-state index is -1.09. The molecule has 0 amide bonds. The van der Waals surface area contributed by atoms with Gasteiger partial charge in [-0.05, 0) is 32.1 Å². The van der Waals surface area contributed by atoms with E-state index in [9.17, 15) is 19.8 Å². The van der Waals surface area contributed by atoms with Gasteiger partial charge in [0.15, 0.2) is 6.73 Å². The molecule has 0 saturated carbocycles. The van der Waals surface area contributed by atoms with Crippen molar-refractivity contribution in [3.63, 3.8) is 0 Å². The maximum absolute atomic E-state index is 10.7. The average molecular weight is 369 g/mol. The number of carboxylic acids is 2. The molecular formula is C17H31KNO5+. The van der Waals surface area contributed by atoms with Crippen molar-refractivity contribution in [2.75, 3.05) is 26.4 Å². The van der Waals surface area contributed by atoms with Crippen LogP contribution in [0.2, 0.25) is 0 Å². The summed E-state index contributed by atoms with van der Waals surface area (Å²) in [5.74, 6) is -1.93. The van der Waals surface area contributed by atoms with Crippen LogP contribution in [0.15, 0.2) is 12.2 Å². The average Bonchev–Trinajstić information content (AvgIpc) is 2.49. The molecule has 1 atom stereocenters. The van der Waals surface area contributed by atoms with Crippen LogP contribution in [0.4, 0.5) is 0 Å². The van der Waals surface area contributed by atoms with E-state index in [1.165, 1.54) is 0 Å². The van der Waals surface area contributed by atoms with Gasteiger partial charge in [0.1, 0.15) is 0 Å². The third-order valence-corrected chi connectivity index (χ3v) is 3.99. The van der Waals surface area contributed by atoms with Gasteiger partial charge in [0.05, 0.1) is 26.1 Å². The summed E-state index contributed by atoms with van der Waals surface area (Å²) < 4.78 is 0.373. The molecule has 134 valence electrons. The molecular weight excluding hydrogens is 337 g/mol. The van der Waals surface area contributed by atoms with Gasteiger partial charge in [-0.3, -0.25) is 4.79 Å². The van der Waals surface area contributed by atoms with E-state index in [0.29, 0.717) is 30.4 Å². The van der Waals surface area contributed by atoms with Crippen molar-refractivity contribution >= 4 is 11.9 Å². The van der Waals surface area contributed by atoms with Crippen LogP contribution in [-0.4, -0.2) is 53.0 Å². The first-order valence-corrected chi connectivity index (χ1v) is 8.48. The maximum atomic E-state index is 10.7. The zero-order valence-electron chi connectivity index (χ0n) is 15.2. The molecule has 0 aromatic carbocycles. The Kier molecular flexibility index (Phi) is 18.4. The smallest absolute Gasteiger partial charge is 0.550 e. The number of unbranched alkanes of at least 4 members (excludes halogenated alkanes) is 2. The predicted molar refractivity (Wildman–Crippen MR) is 86.3 cm³/mol. The van der Waals surface area contributed by atoms with E-state index in [-0.39, 0.29) is 71.0 Å². The molecule has 0 radical (unpaired) electrons. The number of rotatable bonds is 15. The van der Waals surface area contributed by atoms with Gasteiger partial charge in [0.25, 0.3) is 0 Å². The molecule has 0 aliphatic heterocycles. The third kappa shape index (κ3) is 14.6. The normalized spacial score (nSPS) is 13.4. The molecule has 7 heteroatoms. The number of hydrogen-bond donors (Lipinski definition) is 2. The van der Waals surface area contributed by atoms with Gasteiger partial charge in [-0.15, -0.1) is 0 Å². The molecule has 0 saturated heterocycles. The second-order valence-electron chi connectivity index (χ2n) is 6.00. The predicted octanol–water partition coefficient (Wildman–Crippen LogP) is -1.71. The summed E-state index contributed by atoms with van der Waals surface area (Å²) in [6.45, 7) is 3.83. The van der Waals surface area contributed by atoms with E-state index in [1.807, 2.05) is 0 Å². The number of carbonyl (C=O) groups is 2. The Hall–Kier alpha value is 0.236. The first kappa shape index (κ1) is 26.5. The van der Waals surface area contributed by atoms with Gasteiger partial charge in [0.2, 0.25) is 0 Å². The van der Waals surface area contributed by atoms with Crippen LogP contribution in [0.5, 0.6) is 0 Å². The Balaban J connectivity index is 0. The number of aliphatic hydroxyl groups is 1. The van der Waals surface area contributed by atoms with Gasteiger partial charge in [-0.2, -0.15) is 0 Å². The van der Waals surface area contributed by atoms with Crippen LogP contribution in [0, 0.1) is 0 Å². The first-order valence-electron chi connectivity index (χ1n) is 8.48. The summed E-state index contributed by atoms with van der Waals surface area (Å²) in [6, 6.07) is 0. The van der Waals surface area contributed by atoms with Gasteiger partial charge in [-0.25, -0.2) is 0 Å². The van der Waals surface area contributed by atoms with E-state index in [1.54, 1.807) is 0 Å². The molecule has 0 aliphatic carbocycles. The summed E-state index contributed by atoms with van der Waals surface area (Å²) in [5, 5.41) is 29.1. The third-order valence-electron chi connectivity index (χ3n) is 3.99. The Morgan fingerprint density at radius 2 is 1.58 bits per heavy atom. The topological polar surface area (TPSA) is 97.7 Å². The number of carboxylic acid groups (broad SMARTS) is 2. The zero-order valence-corrected chi connectivity index (χ0v) is 18.3. The molecule has 0 fully saturated rings. The van der Waals surface area contributed by atoms with Crippen LogP contribution in [0.3, 0.4) is 0 Å². The molecule has 0 spiro atoms. The Labute approximate surface area is 187 Å². The fraction of sp³-hybridized carbons (Fsp3) is 0.765. The maximum Gasteiger partial charge on any atom is 1.00 e. The molecule has 24 heavy (non-hydrogen) atoms. The van der Waals surface area contributed by atoms with E-state index in [4.69, 9.17) is 5.11 Å². The van der Waals surface area contributed by atoms with Crippen molar-refractivity contribution in [2.45, 2.75) is 58.3 Å². The van der Waals surface area contributed by atoms with Crippen molar-refractivity contribution < 1.29 is 80.8 Å². The number of quaternary nitrogens is 1. The SMILES string of the molecule is CC/C=C/CCCC[N+](CO)(CCCC(=O)[O-])CCCC(=O)O.[K+]. The standard InChI is InChI=1S/C17H31NO5.K/c1-2-3-4-5-6-7-12-18(15-19,13-8-10-16(20)21)14-9-11-17(22)23;/h3-4,19H,2,5-15H2,1H3,(H-,20,21,22,23);/q;+1/b4-3+;. The molecule has 6 nitrogen and oxygen atoms in total. The molecule has 0 aliphatic rings. The summed E-state index contributed by atoms with van der Waals surface area (Å²) in [5.41, 5.74) is 0. The molecule has 0 aromatic heterocycles. The minimum Gasteiger partial charge on any atom is -0.550 e. The number of carbonyl (C=O) groups excluding carboxylic acids is 1. The second kappa shape index (κ2) is 16.7. The molecule has 0 rings (SSSR count). The summed E-state index contributed by atoms with van der Waals surface area (Å²) >= 11 is 0. The van der Waals surface area contributed by atoms with Crippen LogP contribution < -0.4 is 56.5 Å². The number of aliphatic carboxylic acids is 2. The van der Waals surface area contributed by atoms with Crippen molar-refractivity contribution in [3.8, 4) is 0 Å². The first-order chi connectivity index (χ1) is 11.0. The van der Waals surface area contributed by atoms with E-state index < -0.39 is 11.9 Å². The molecule has 0 heterocycles. The molecule has 0 aromatic rings. The molecule has 2 N–H and O–H groups in total. The Morgan fingerprint density at radius 1 is 1.00 bits per heavy atom. The summed E-state index contributed by atoms with van der Waals surface area (Å²) in [7, 11) is 0. The van der Waals surface area contributed by atoms with Crippen LogP contribution >= 0.6 is 0 Å². The zero-order chi connectivity index (χ0) is 17.6. The summed E-state index contributed by atoms with van der Waals surface area (Å²) in [4.78, 5) is 21.2. The fourth-order valence-electron chi connectivity index (χ4n) is 2.67. The van der Waals surface area contributed by atoms with E-state index in [0.717, 1.165) is 32.2 Å². The Bertz CT molecular complexity index is 354. The van der Waals surface area contributed by atoms with Crippen molar-refractivity contribution in [1.29, 1.82) is 0 Å². The Morgan fingerprint density at radius 3 is 2.08 bits per heavy atom. The van der Waals surface area contributed by atoms with Gasteiger partial charge in [0, 0.05) is 18.8 Å². The van der Waals surface area contributed by atoms with Gasteiger partial charge < -0.3 is 24.6 Å².